The highest BCUT2D eigenvalue weighted by Gasteiger charge is 2.32. The minimum Gasteiger partial charge on any atom is -0.463 e. The predicted molar refractivity (Wildman–Crippen MR) is 96.5 cm³/mol. The standard InChI is InChI=1S/C17H18FN5O2S/c1-3-25-16(24)14-10(2)19-17(26)20-15(14)13-9-23(22-21-13)8-11-4-6-12(18)7-5-11/h4-7,9,15H,3,8H2,1-2H3,(H2,19,20,26). The van der Waals surface area contributed by atoms with Gasteiger partial charge in [-0.05, 0) is 43.8 Å². The molecule has 0 fully saturated rings. The zero-order valence-corrected chi connectivity index (χ0v) is 15.1. The lowest BCUT2D eigenvalue weighted by molar-refractivity contribution is -0.139. The van der Waals surface area contributed by atoms with Crippen molar-refractivity contribution in [1.82, 2.24) is 25.6 Å². The van der Waals surface area contributed by atoms with Gasteiger partial charge in [-0.25, -0.2) is 13.9 Å². The molecule has 2 heterocycles. The molecule has 2 N–H and O–H groups in total. The van der Waals surface area contributed by atoms with Gasteiger partial charge in [0, 0.05) is 5.70 Å². The maximum absolute atomic E-state index is 13.0. The van der Waals surface area contributed by atoms with Crippen molar-refractivity contribution in [2.24, 2.45) is 0 Å². The topological polar surface area (TPSA) is 81.1 Å². The van der Waals surface area contributed by atoms with Crippen LogP contribution in [0.4, 0.5) is 4.39 Å². The molecule has 1 atom stereocenters. The molecule has 26 heavy (non-hydrogen) atoms. The van der Waals surface area contributed by atoms with Crippen molar-refractivity contribution in [3.05, 3.63) is 58.8 Å². The second-order valence-electron chi connectivity index (χ2n) is 5.76. The number of allylic oxidation sites excluding steroid dienone is 1. The highest BCUT2D eigenvalue weighted by molar-refractivity contribution is 7.80. The second-order valence-corrected chi connectivity index (χ2v) is 6.17. The number of ether oxygens (including phenoxy) is 1. The number of nitrogens with zero attached hydrogens (tertiary/aromatic N) is 3. The summed E-state index contributed by atoms with van der Waals surface area (Å²) >= 11 is 5.19. The summed E-state index contributed by atoms with van der Waals surface area (Å²) in [6.07, 6.45) is 1.72. The number of nitrogens with one attached hydrogen (secondary N) is 2. The van der Waals surface area contributed by atoms with Crippen molar-refractivity contribution in [3.63, 3.8) is 0 Å². The Labute approximate surface area is 155 Å². The molecule has 1 aromatic carbocycles. The largest absolute Gasteiger partial charge is 0.463 e. The van der Waals surface area contributed by atoms with Gasteiger partial charge in [0.05, 0.1) is 24.9 Å². The number of hydrogen-bond donors (Lipinski definition) is 2. The van der Waals surface area contributed by atoms with Gasteiger partial charge in [-0.3, -0.25) is 0 Å². The number of rotatable bonds is 5. The zero-order valence-electron chi connectivity index (χ0n) is 14.3. The molecule has 0 radical (unpaired) electrons. The predicted octanol–water partition coefficient (Wildman–Crippen LogP) is 1.82. The quantitative estimate of drug-likeness (QED) is 0.609. The molecule has 0 bridgehead atoms. The van der Waals surface area contributed by atoms with Gasteiger partial charge in [0.1, 0.15) is 17.6 Å². The van der Waals surface area contributed by atoms with Crippen LogP contribution in [0.25, 0.3) is 0 Å². The summed E-state index contributed by atoms with van der Waals surface area (Å²) in [4.78, 5) is 12.3. The van der Waals surface area contributed by atoms with E-state index in [4.69, 9.17) is 17.0 Å². The van der Waals surface area contributed by atoms with E-state index in [1.807, 2.05) is 0 Å². The van der Waals surface area contributed by atoms with Crippen LogP contribution < -0.4 is 10.6 Å². The fourth-order valence-corrected chi connectivity index (χ4v) is 2.97. The van der Waals surface area contributed by atoms with Crippen molar-refractivity contribution in [2.75, 3.05) is 6.61 Å². The number of benzene rings is 1. The molecule has 0 spiro atoms. The monoisotopic (exact) mass is 375 g/mol. The van der Waals surface area contributed by atoms with Crippen molar-refractivity contribution in [1.29, 1.82) is 0 Å². The SMILES string of the molecule is CCOC(=O)C1=C(C)NC(=S)NC1c1cn(Cc2ccc(F)cc2)nn1. The maximum Gasteiger partial charge on any atom is 0.338 e. The molecule has 2 aromatic rings. The van der Waals surface area contributed by atoms with E-state index in [2.05, 4.69) is 20.9 Å². The summed E-state index contributed by atoms with van der Waals surface area (Å²) in [5.74, 6) is -0.731. The Kier molecular flexibility index (Phi) is 5.27. The van der Waals surface area contributed by atoms with Gasteiger partial charge in [-0.2, -0.15) is 0 Å². The van der Waals surface area contributed by atoms with E-state index < -0.39 is 12.0 Å². The second kappa shape index (κ2) is 7.61. The minimum atomic E-state index is -0.551. The van der Waals surface area contributed by atoms with Gasteiger partial charge in [-0.15, -0.1) is 5.10 Å². The van der Waals surface area contributed by atoms with E-state index >= 15 is 0 Å². The number of esters is 1. The Morgan fingerprint density at radius 1 is 1.38 bits per heavy atom. The molecule has 3 rings (SSSR count). The van der Waals surface area contributed by atoms with E-state index in [0.29, 0.717) is 28.6 Å². The average Bonchev–Trinajstić information content (AvgIpc) is 3.05. The summed E-state index contributed by atoms with van der Waals surface area (Å²) in [5.41, 5.74) is 2.45. The normalized spacial score (nSPS) is 16.9. The molecule has 1 unspecified atom stereocenters. The lowest BCUT2D eigenvalue weighted by Gasteiger charge is -2.28. The van der Waals surface area contributed by atoms with Gasteiger partial charge in [0.25, 0.3) is 0 Å². The molecule has 0 amide bonds. The summed E-state index contributed by atoms with van der Waals surface area (Å²) in [6.45, 7) is 4.20. The molecule has 1 aliphatic heterocycles. The minimum absolute atomic E-state index is 0.268. The zero-order chi connectivity index (χ0) is 18.7. The van der Waals surface area contributed by atoms with Crippen molar-refractivity contribution in [2.45, 2.75) is 26.4 Å². The van der Waals surface area contributed by atoms with Crippen LogP contribution in [-0.4, -0.2) is 32.7 Å². The molecule has 1 aliphatic rings. The van der Waals surface area contributed by atoms with Crippen LogP contribution >= 0.6 is 12.2 Å². The third-order valence-corrected chi connectivity index (χ3v) is 4.09. The van der Waals surface area contributed by atoms with Crippen LogP contribution in [0.5, 0.6) is 0 Å². The summed E-state index contributed by atoms with van der Waals surface area (Å²) < 4.78 is 19.8. The van der Waals surface area contributed by atoms with Crippen LogP contribution in [0, 0.1) is 5.82 Å². The lowest BCUT2D eigenvalue weighted by Crippen LogP contribution is -2.45. The fourth-order valence-electron chi connectivity index (χ4n) is 2.69. The first-order valence-electron chi connectivity index (χ1n) is 8.07. The van der Waals surface area contributed by atoms with Crippen LogP contribution in [0.2, 0.25) is 0 Å². The molecule has 0 saturated carbocycles. The summed E-state index contributed by atoms with van der Waals surface area (Å²) in [6, 6.07) is 5.60. The van der Waals surface area contributed by atoms with Crippen molar-refractivity contribution >= 4 is 23.3 Å². The molecule has 1 aromatic heterocycles. The third kappa shape index (κ3) is 3.88. The van der Waals surface area contributed by atoms with Gasteiger partial charge in [0.2, 0.25) is 0 Å². The molecule has 0 aliphatic carbocycles. The molecule has 7 nitrogen and oxygen atoms in total. The first kappa shape index (κ1) is 18.0. The van der Waals surface area contributed by atoms with Crippen LogP contribution in [0.15, 0.2) is 41.7 Å². The van der Waals surface area contributed by atoms with E-state index in [-0.39, 0.29) is 12.4 Å². The number of carbonyl (C=O) groups excluding carboxylic acids is 1. The molecule has 136 valence electrons. The third-order valence-electron chi connectivity index (χ3n) is 3.87. The van der Waals surface area contributed by atoms with E-state index in [1.165, 1.54) is 12.1 Å². The number of aromatic nitrogens is 3. The van der Waals surface area contributed by atoms with E-state index in [9.17, 15) is 9.18 Å². The molecular formula is C17H18FN5O2S. The Balaban J connectivity index is 1.85. The first-order valence-corrected chi connectivity index (χ1v) is 8.48. The average molecular weight is 375 g/mol. The van der Waals surface area contributed by atoms with E-state index in [1.54, 1.807) is 36.9 Å². The van der Waals surface area contributed by atoms with Crippen molar-refractivity contribution in [3.8, 4) is 0 Å². The molecule has 9 heteroatoms. The highest BCUT2D eigenvalue weighted by Crippen LogP contribution is 2.26. The first-order chi connectivity index (χ1) is 12.5. The lowest BCUT2D eigenvalue weighted by atomic mass is 10.0. The van der Waals surface area contributed by atoms with Gasteiger partial charge in [-0.1, -0.05) is 17.3 Å². The molecule has 0 saturated heterocycles. The van der Waals surface area contributed by atoms with Gasteiger partial charge in [0.15, 0.2) is 5.11 Å². The maximum atomic E-state index is 13.0. The van der Waals surface area contributed by atoms with E-state index in [0.717, 1.165) is 5.56 Å². The number of halogens is 1. The summed E-state index contributed by atoms with van der Waals surface area (Å²) in [5, 5.41) is 14.6. The highest BCUT2D eigenvalue weighted by atomic mass is 32.1. The number of carbonyl (C=O) groups is 1. The van der Waals surface area contributed by atoms with Crippen LogP contribution in [-0.2, 0) is 16.1 Å². The van der Waals surface area contributed by atoms with Crippen LogP contribution in [0.3, 0.4) is 0 Å². The number of hydrogen-bond acceptors (Lipinski definition) is 5. The summed E-state index contributed by atoms with van der Waals surface area (Å²) in [7, 11) is 0. The smallest absolute Gasteiger partial charge is 0.338 e. The van der Waals surface area contributed by atoms with Crippen molar-refractivity contribution < 1.29 is 13.9 Å². The Bertz CT molecular complexity index is 862. The van der Waals surface area contributed by atoms with Gasteiger partial charge < -0.3 is 15.4 Å². The molecular weight excluding hydrogens is 357 g/mol. The van der Waals surface area contributed by atoms with Gasteiger partial charge >= 0.3 is 5.97 Å². The van der Waals surface area contributed by atoms with Crippen LogP contribution in [0.1, 0.15) is 31.1 Å². The number of thiocarbonyl (C=S) groups is 1. The Hall–Kier alpha value is -2.81. The Morgan fingerprint density at radius 3 is 2.81 bits per heavy atom. The fraction of sp³-hybridized carbons (Fsp3) is 0.294. The Morgan fingerprint density at radius 2 is 2.12 bits per heavy atom.